The van der Waals surface area contributed by atoms with Crippen molar-refractivity contribution in [3.05, 3.63) is 34.3 Å². The van der Waals surface area contributed by atoms with E-state index in [-0.39, 0.29) is 11.5 Å². The van der Waals surface area contributed by atoms with Gasteiger partial charge in [-0.25, -0.2) is 8.42 Å². The zero-order valence-corrected chi connectivity index (χ0v) is 13.2. The lowest BCUT2D eigenvalue weighted by molar-refractivity contribution is 0.444. The maximum Gasteiger partial charge on any atom is 0.150 e. The SMILES string of the molecule is CCS(=O)(=O)CCCC(C)(N)c1ccccc1Br. The minimum Gasteiger partial charge on any atom is -0.322 e. The predicted octanol–water partition coefficient (Wildman–Crippen LogP) is 2.84. The van der Waals surface area contributed by atoms with Crippen LogP contribution in [0.3, 0.4) is 0 Å². The van der Waals surface area contributed by atoms with Gasteiger partial charge in [0.2, 0.25) is 0 Å². The summed E-state index contributed by atoms with van der Waals surface area (Å²) in [6.45, 7) is 3.61. The zero-order chi connectivity index (χ0) is 13.8. The summed E-state index contributed by atoms with van der Waals surface area (Å²) in [5.74, 6) is 0.407. The molecule has 1 rings (SSSR count). The van der Waals surface area contributed by atoms with Crippen molar-refractivity contribution in [3.8, 4) is 0 Å². The van der Waals surface area contributed by atoms with Crippen molar-refractivity contribution >= 4 is 25.8 Å². The van der Waals surface area contributed by atoms with Crippen molar-refractivity contribution in [3.63, 3.8) is 0 Å². The minimum atomic E-state index is -2.90. The van der Waals surface area contributed by atoms with Gasteiger partial charge in [-0.05, 0) is 31.4 Å². The van der Waals surface area contributed by atoms with Gasteiger partial charge in [0.05, 0.1) is 5.75 Å². The first kappa shape index (κ1) is 15.7. The fraction of sp³-hybridized carbons (Fsp3) is 0.538. The molecule has 0 bridgehead atoms. The van der Waals surface area contributed by atoms with Crippen LogP contribution in [-0.4, -0.2) is 19.9 Å². The van der Waals surface area contributed by atoms with Gasteiger partial charge in [-0.3, -0.25) is 0 Å². The van der Waals surface area contributed by atoms with Crippen molar-refractivity contribution in [2.75, 3.05) is 11.5 Å². The monoisotopic (exact) mass is 333 g/mol. The van der Waals surface area contributed by atoms with Crippen LogP contribution in [0.2, 0.25) is 0 Å². The summed E-state index contributed by atoms with van der Waals surface area (Å²) in [6, 6.07) is 7.79. The quantitative estimate of drug-likeness (QED) is 0.870. The van der Waals surface area contributed by atoms with Crippen LogP contribution in [0.15, 0.2) is 28.7 Å². The first-order valence-electron chi connectivity index (χ1n) is 6.03. The van der Waals surface area contributed by atoms with E-state index in [1.54, 1.807) is 6.92 Å². The van der Waals surface area contributed by atoms with Crippen LogP contribution in [-0.2, 0) is 15.4 Å². The normalized spacial score (nSPS) is 15.3. The molecule has 1 aromatic rings. The Morgan fingerprint density at radius 2 is 1.94 bits per heavy atom. The van der Waals surface area contributed by atoms with Crippen LogP contribution in [0.5, 0.6) is 0 Å². The van der Waals surface area contributed by atoms with Crippen LogP contribution < -0.4 is 5.73 Å². The molecule has 0 aromatic heterocycles. The molecule has 2 N–H and O–H groups in total. The third-order valence-corrected chi connectivity index (χ3v) is 5.56. The lowest BCUT2D eigenvalue weighted by atomic mass is 9.89. The molecular weight excluding hydrogens is 314 g/mol. The van der Waals surface area contributed by atoms with Gasteiger partial charge in [0.25, 0.3) is 0 Å². The number of rotatable bonds is 6. The fourth-order valence-corrected chi connectivity index (χ4v) is 3.47. The highest BCUT2D eigenvalue weighted by Crippen LogP contribution is 2.29. The van der Waals surface area contributed by atoms with Crippen LogP contribution in [0.1, 0.15) is 32.3 Å². The molecule has 0 heterocycles. The van der Waals surface area contributed by atoms with E-state index in [1.807, 2.05) is 31.2 Å². The number of hydrogen-bond acceptors (Lipinski definition) is 3. The average molecular weight is 334 g/mol. The van der Waals surface area contributed by atoms with Crippen molar-refractivity contribution in [2.45, 2.75) is 32.2 Å². The van der Waals surface area contributed by atoms with Crippen molar-refractivity contribution < 1.29 is 8.42 Å². The molecule has 102 valence electrons. The van der Waals surface area contributed by atoms with E-state index in [4.69, 9.17) is 5.73 Å². The van der Waals surface area contributed by atoms with E-state index >= 15 is 0 Å². The second-order valence-corrected chi connectivity index (χ2v) is 8.06. The highest BCUT2D eigenvalue weighted by atomic mass is 79.9. The summed E-state index contributed by atoms with van der Waals surface area (Å²) in [5.41, 5.74) is 6.79. The first-order valence-corrected chi connectivity index (χ1v) is 8.64. The molecule has 3 nitrogen and oxygen atoms in total. The fourth-order valence-electron chi connectivity index (χ4n) is 1.86. The molecule has 0 fully saturated rings. The number of halogens is 1. The van der Waals surface area contributed by atoms with Gasteiger partial charge in [0, 0.05) is 15.8 Å². The zero-order valence-electron chi connectivity index (χ0n) is 10.8. The van der Waals surface area contributed by atoms with E-state index in [9.17, 15) is 8.42 Å². The largest absolute Gasteiger partial charge is 0.322 e. The summed E-state index contributed by atoms with van der Waals surface area (Å²) >= 11 is 3.48. The summed E-state index contributed by atoms with van der Waals surface area (Å²) < 4.78 is 23.8. The maximum atomic E-state index is 11.4. The molecule has 0 aliphatic heterocycles. The summed E-state index contributed by atoms with van der Waals surface area (Å²) in [7, 11) is -2.90. The second kappa shape index (κ2) is 6.17. The van der Waals surface area contributed by atoms with E-state index in [0.29, 0.717) is 12.8 Å². The molecule has 0 saturated heterocycles. The lowest BCUT2D eigenvalue weighted by Gasteiger charge is -2.26. The molecule has 0 saturated carbocycles. The molecule has 0 radical (unpaired) electrons. The Morgan fingerprint density at radius 1 is 1.33 bits per heavy atom. The molecule has 5 heteroatoms. The van der Waals surface area contributed by atoms with E-state index in [0.717, 1.165) is 10.0 Å². The number of hydrogen-bond donors (Lipinski definition) is 1. The third kappa shape index (κ3) is 4.37. The van der Waals surface area contributed by atoms with Gasteiger partial charge in [0.1, 0.15) is 9.84 Å². The minimum absolute atomic E-state index is 0.198. The molecule has 0 aliphatic rings. The van der Waals surface area contributed by atoms with Gasteiger partial charge in [-0.1, -0.05) is 41.1 Å². The smallest absolute Gasteiger partial charge is 0.150 e. The molecule has 1 unspecified atom stereocenters. The first-order chi connectivity index (χ1) is 8.28. The maximum absolute atomic E-state index is 11.4. The van der Waals surface area contributed by atoms with Gasteiger partial charge >= 0.3 is 0 Å². The van der Waals surface area contributed by atoms with Crippen LogP contribution >= 0.6 is 15.9 Å². The van der Waals surface area contributed by atoms with E-state index < -0.39 is 15.4 Å². The van der Waals surface area contributed by atoms with E-state index in [2.05, 4.69) is 15.9 Å². The highest BCUT2D eigenvalue weighted by molar-refractivity contribution is 9.10. The van der Waals surface area contributed by atoms with Crippen molar-refractivity contribution in [1.29, 1.82) is 0 Å². The van der Waals surface area contributed by atoms with Gasteiger partial charge in [-0.2, -0.15) is 0 Å². The average Bonchev–Trinajstić information content (AvgIpc) is 2.29. The lowest BCUT2D eigenvalue weighted by Crippen LogP contribution is -2.34. The van der Waals surface area contributed by atoms with Crippen molar-refractivity contribution in [1.82, 2.24) is 0 Å². The van der Waals surface area contributed by atoms with Crippen molar-refractivity contribution in [2.24, 2.45) is 5.73 Å². The van der Waals surface area contributed by atoms with Crippen LogP contribution in [0.25, 0.3) is 0 Å². The molecular formula is C13H20BrNO2S. The molecule has 1 aromatic carbocycles. The molecule has 0 aliphatic carbocycles. The molecule has 0 amide bonds. The number of benzene rings is 1. The van der Waals surface area contributed by atoms with E-state index in [1.165, 1.54) is 0 Å². The second-order valence-electron chi connectivity index (χ2n) is 4.74. The van der Waals surface area contributed by atoms with Gasteiger partial charge in [0.15, 0.2) is 0 Å². The predicted molar refractivity (Wildman–Crippen MR) is 79.2 cm³/mol. The Bertz CT molecular complexity index is 497. The molecule has 18 heavy (non-hydrogen) atoms. The van der Waals surface area contributed by atoms with Gasteiger partial charge < -0.3 is 5.73 Å². The summed E-state index contributed by atoms with van der Waals surface area (Å²) in [6.07, 6.45) is 1.24. The number of nitrogens with two attached hydrogens (primary N) is 1. The Labute approximate surface area is 118 Å². The topological polar surface area (TPSA) is 60.2 Å². The summed E-state index contributed by atoms with van der Waals surface area (Å²) in [5, 5.41) is 0. The standard InChI is InChI=1S/C13H20BrNO2S/c1-3-18(16,17)10-6-9-13(2,15)11-7-4-5-8-12(11)14/h4-5,7-8H,3,6,9-10,15H2,1-2H3. The Balaban J connectivity index is 2.69. The Morgan fingerprint density at radius 3 is 2.50 bits per heavy atom. The number of sulfone groups is 1. The molecule has 1 atom stereocenters. The Hall–Kier alpha value is -0.390. The molecule has 0 spiro atoms. The van der Waals surface area contributed by atoms with Gasteiger partial charge in [-0.15, -0.1) is 0 Å². The van der Waals surface area contributed by atoms with Crippen LogP contribution in [0, 0.1) is 0 Å². The highest BCUT2D eigenvalue weighted by Gasteiger charge is 2.23. The third-order valence-electron chi connectivity index (χ3n) is 3.08. The summed E-state index contributed by atoms with van der Waals surface area (Å²) in [4.78, 5) is 0. The van der Waals surface area contributed by atoms with Crippen LogP contribution in [0.4, 0.5) is 0 Å². The Kier molecular flexibility index (Phi) is 5.37.